The van der Waals surface area contributed by atoms with Crippen molar-refractivity contribution in [1.29, 1.82) is 5.26 Å². The van der Waals surface area contributed by atoms with E-state index in [-0.39, 0.29) is 0 Å². The Kier molecular flexibility index (Phi) is 4.19. The third kappa shape index (κ3) is 3.01. The highest BCUT2D eigenvalue weighted by Crippen LogP contribution is 2.22. The van der Waals surface area contributed by atoms with Crippen LogP contribution in [0.3, 0.4) is 0 Å². The van der Waals surface area contributed by atoms with Gasteiger partial charge in [-0.05, 0) is 38.2 Å². The van der Waals surface area contributed by atoms with Crippen LogP contribution in [-0.4, -0.2) is 11.5 Å². The molecule has 0 aromatic carbocycles. The topological polar surface area (TPSA) is 74.7 Å². The van der Waals surface area contributed by atoms with Gasteiger partial charge in [-0.2, -0.15) is 5.26 Å². The Morgan fingerprint density at radius 2 is 2.33 bits per heavy atom. The fraction of sp³-hybridized carbons (Fsp3) is 0.429. The lowest BCUT2D eigenvalue weighted by Gasteiger charge is -2.14. The number of nitrogen functional groups attached to an aromatic ring is 1. The van der Waals surface area contributed by atoms with Gasteiger partial charge in [-0.25, -0.2) is 4.98 Å². The lowest BCUT2D eigenvalue weighted by atomic mass is 9.97. The minimum atomic E-state index is 0.442. The molecule has 0 aliphatic heterocycles. The third-order valence-electron chi connectivity index (χ3n) is 3.23. The van der Waals surface area contributed by atoms with Gasteiger partial charge in [0.05, 0.1) is 11.3 Å². The van der Waals surface area contributed by atoms with Gasteiger partial charge in [-0.1, -0.05) is 11.6 Å². The Balaban J connectivity index is 1.90. The van der Waals surface area contributed by atoms with Crippen LogP contribution in [0.15, 0.2) is 23.9 Å². The van der Waals surface area contributed by atoms with Crippen LogP contribution in [0.5, 0.6) is 0 Å². The van der Waals surface area contributed by atoms with Crippen LogP contribution >= 0.6 is 0 Å². The number of nitrogens with two attached hydrogens (primary N) is 1. The zero-order valence-electron chi connectivity index (χ0n) is 10.4. The highest BCUT2D eigenvalue weighted by Gasteiger charge is 2.06. The Bertz CT molecular complexity index is 485. The Morgan fingerprint density at radius 3 is 3.06 bits per heavy atom. The fourth-order valence-corrected chi connectivity index (χ4v) is 2.18. The molecule has 1 aliphatic rings. The molecule has 1 aromatic heterocycles. The van der Waals surface area contributed by atoms with Crippen LogP contribution in [-0.2, 0) is 0 Å². The van der Waals surface area contributed by atoms with E-state index >= 15 is 0 Å². The van der Waals surface area contributed by atoms with Crippen LogP contribution in [0.4, 0.5) is 11.5 Å². The summed E-state index contributed by atoms with van der Waals surface area (Å²) in [5, 5.41) is 12.1. The lowest BCUT2D eigenvalue weighted by molar-refractivity contribution is 0.679. The van der Waals surface area contributed by atoms with Crippen molar-refractivity contribution < 1.29 is 0 Å². The quantitative estimate of drug-likeness (QED) is 0.796. The summed E-state index contributed by atoms with van der Waals surface area (Å²) < 4.78 is 0. The second-order valence-corrected chi connectivity index (χ2v) is 4.52. The van der Waals surface area contributed by atoms with Gasteiger partial charge < -0.3 is 11.1 Å². The SMILES string of the molecule is N#Cc1ccnc(NCCC2=CCCCC2)c1N. The fourth-order valence-electron chi connectivity index (χ4n) is 2.18. The maximum absolute atomic E-state index is 8.88. The molecule has 1 aliphatic carbocycles. The highest BCUT2D eigenvalue weighted by molar-refractivity contribution is 5.68. The molecular weight excluding hydrogens is 224 g/mol. The highest BCUT2D eigenvalue weighted by atomic mass is 15.0. The van der Waals surface area contributed by atoms with E-state index in [1.54, 1.807) is 12.3 Å². The molecule has 2 rings (SSSR count). The summed E-state index contributed by atoms with van der Waals surface area (Å²) >= 11 is 0. The summed E-state index contributed by atoms with van der Waals surface area (Å²) in [5.74, 6) is 0.616. The van der Waals surface area contributed by atoms with E-state index in [2.05, 4.69) is 22.4 Å². The van der Waals surface area contributed by atoms with Crippen molar-refractivity contribution in [3.63, 3.8) is 0 Å². The van der Waals surface area contributed by atoms with Crippen molar-refractivity contribution >= 4 is 11.5 Å². The average molecular weight is 242 g/mol. The number of rotatable bonds is 4. The van der Waals surface area contributed by atoms with Crippen LogP contribution in [0, 0.1) is 11.3 Å². The Hall–Kier alpha value is -2.02. The van der Waals surface area contributed by atoms with E-state index in [1.165, 1.54) is 31.3 Å². The molecule has 4 nitrogen and oxygen atoms in total. The second kappa shape index (κ2) is 6.06. The maximum Gasteiger partial charge on any atom is 0.150 e. The van der Waals surface area contributed by atoms with E-state index in [0.29, 0.717) is 17.1 Å². The third-order valence-corrected chi connectivity index (χ3v) is 3.23. The summed E-state index contributed by atoms with van der Waals surface area (Å²) in [6.07, 6.45) is 10.0. The molecule has 0 unspecified atom stereocenters. The maximum atomic E-state index is 8.88. The summed E-state index contributed by atoms with van der Waals surface area (Å²) in [6.45, 7) is 0.817. The molecule has 1 heterocycles. The van der Waals surface area contributed by atoms with Gasteiger partial charge >= 0.3 is 0 Å². The van der Waals surface area contributed by atoms with Crippen LogP contribution < -0.4 is 11.1 Å². The van der Waals surface area contributed by atoms with Gasteiger partial charge in [-0.15, -0.1) is 0 Å². The van der Waals surface area contributed by atoms with Gasteiger partial charge in [0.25, 0.3) is 0 Å². The molecule has 4 heteroatoms. The molecule has 0 fully saturated rings. The smallest absolute Gasteiger partial charge is 0.150 e. The molecule has 0 saturated carbocycles. The van der Waals surface area contributed by atoms with Crippen molar-refractivity contribution in [2.75, 3.05) is 17.6 Å². The molecule has 18 heavy (non-hydrogen) atoms. The van der Waals surface area contributed by atoms with E-state index in [9.17, 15) is 0 Å². The van der Waals surface area contributed by atoms with Crippen LogP contribution in [0.1, 0.15) is 37.7 Å². The number of allylic oxidation sites excluding steroid dienone is 1. The van der Waals surface area contributed by atoms with Crippen molar-refractivity contribution in [3.8, 4) is 6.07 Å². The van der Waals surface area contributed by atoms with Crippen molar-refractivity contribution in [1.82, 2.24) is 4.98 Å². The van der Waals surface area contributed by atoms with Gasteiger partial charge in [0, 0.05) is 12.7 Å². The van der Waals surface area contributed by atoms with E-state index < -0.39 is 0 Å². The Morgan fingerprint density at radius 1 is 1.44 bits per heavy atom. The van der Waals surface area contributed by atoms with E-state index in [1.807, 2.05) is 0 Å². The zero-order valence-corrected chi connectivity index (χ0v) is 10.4. The normalized spacial score (nSPS) is 14.7. The first-order chi connectivity index (χ1) is 8.81. The summed E-state index contributed by atoms with van der Waals surface area (Å²) in [7, 11) is 0. The van der Waals surface area contributed by atoms with E-state index in [0.717, 1.165) is 13.0 Å². The molecule has 0 radical (unpaired) electrons. The summed E-state index contributed by atoms with van der Waals surface area (Å²) in [6, 6.07) is 3.69. The standard InChI is InChI=1S/C14H18N4/c15-10-12-7-9-18-14(13(12)16)17-8-6-11-4-2-1-3-5-11/h4,7,9H,1-3,5-6,8,16H2,(H,17,18). The molecule has 0 bridgehead atoms. The van der Waals surface area contributed by atoms with Gasteiger partial charge in [0.1, 0.15) is 6.07 Å². The lowest BCUT2D eigenvalue weighted by Crippen LogP contribution is -2.08. The van der Waals surface area contributed by atoms with Gasteiger partial charge in [0.2, 0.25) is 0 Å². The minimum absolute atomic E-state index is 0.442. The van der Waals surface area contributed by atoms with Gasteiger partial charge in [-0.3, -0.25) is 0 Å². The number of pyridine rings is 1. The molecular formula is C14H18N4. The first kappa shape index (κ1) is 12.4. The van der Waals surface area contributed by atoms with Crippen LogP contribution in [0.25, 0.3) is 0 Å². The first-order valence-electron chi connectivity index (χ1n) is 6.37. The minimum Gasteiger partial charge on any atom is -0.395 e. The largest absolute Gasteiger partial charge is 0.395 e. The van der Waals surface area contributed by atoms with E-state index in [4.69, 9.17) is 11.0 Å². The van der Waals surface area contributed by atoms with Gasteiger partial charge in [0.15, 0.2) is 5.82 Å². The molecule has 3 N–H and O–H groups in total. The number of nitrogens with one attached hydrogen (secondary N) is 1. The summed E-state index contributed by atoms with van der Waals surface area (Å²) in [5.41, 5.74) is 8.29. The number of aromatic nitrogens is 1. The predicted molar refractivity (Wildman–Crippen MR) is 73.0 cm³/mol. The van der Waals surface area contributed by atoms with Crippen molar-refractivity contribution in [3.05, 3.63) is 29.5 Å². The average Bonchev–Trinajstić information content (AvgIpc) is 2.42. The molecule has 1 aromatic rings. The molecule has 0 atom stereocenters. The Labute approximate surface area is 108 Å². The zero-order chi connectivity index (χ0) is 12.8. The van der Waals surface area contributed by atoms with Crippen LogP contribution in [0.2, 0.25) is 0 Å². The number of nitrogens with zero attached hydrogens (tertiary/aromatic N) is 2. The molecule has 0 spiro atoms. The van der Waals surface area contributed by atoms with Crippen molar-refractivity contribution in [2.45, 2.75) is 32.1 Å². The number of anilines is 2. The first-order valence-corrected chi connectivity index (χ1v) is 6.37. The number of hydrogen-bond donors (Lipinski definition) is 2. The predicted octanol–water partition coefficient (Wildman–Crippen LogP) is 2.84. The number of nitriles is 1. The number of hydrogen-bond acceptors (Lipinski definition) is 4. The molecule has 0 saturated heterocycles. The van der Waals surface area contributed by atoms with Crippen molar-refractivity contribution in [2.24, 2.45) is 0 Å². The molecule has 94 valence electrons. The molecule has 0 amide bonds. The second-order valence-electron chi connectivity index (χ2n) is 4.52. The summed E-state index contributed by atoms with van der Waals surface area (Å²) in [4.78, 5) is 4.16. The monoisotopic (exact) mass is 242 g/mol.